The zero-order valence-electron chi connectivity index (χ0n) is 17.2. The van der Waals surface area contributed by atoms with E-state index >= 15 is 0 Å². The zero-order valence-corrected chi connectivity index (χ0v) is 17.2. The molecule has 0 fully saturated rings. The molecule has 0 aliphatic carbocycles. The Kier molecular flexibility index (Phi) is 8.90. The van der Waals surface area contributed by atoms with Crippen LogP contribution in [0, 0.1) is 0 Å². The van der Waals surface area contributed by atoms with Gasteiger partial charge in [0.25, 0.3) is 11.8 Å². The lowest BCUT2D eigenvalue weighted by Gasteiger charge is -2.12. The fourth-order valence-electron chi connectivity index (χ4n) is 2.42. The number of alkyl halides is 6. The highest BCUT2D eigenvalue weighted by Gasteiger charge is 2.31. The number of halogens is 6. The first kappa shape index (κ1) is 26.5. The van der Waals surface area contributed by atoms with Crippen LogP contribution in [0.1, 0.15) is 15.9 Å². The molecule has 0 bridgehead atoms. The Hall–Kier alpha value is -3.74. The number of hydrogen-bond acceptors (Lipinski definition) is 5. The van der Waals surface area contributed by atoms with Crippen molar-refractivity contribution < 1.29 is 50.5 Å². The van der Waals surface area contributed by atoms with Gasteiger partial charge >= 0.3 is 12.5 Å². The number of nitrogens with one attached hydrogen (secondary N) is 2. The molecule has 13 heteroatoms. The zero-order chi connectivity index (χ0) is 25.4. The van der Waals surface area contributed by atoms with Gasteiger partial charge in [-0.25, -0.2) is 0 Å². The molecule has 0 radical (unpaired) electrons. The third-order valence-corrected chi connectivity index (χ3v) is 3.83. The van der Waals surface area contributed by atoms with E-state index in [1.54, 1.807) is 0 Å². The predicted molar refractivity (Wildman–Crippen MR) is 107 cm³/mol. The van der Waals surface area contributed by atoms with E-state index in [-0.39, 0.29) is 29.1 Å². The highest BCUT2D eigenvalue weighted by Crippen LogP contribution is 2.23. The first-order valence-corrected chi connectivity index (χ1v) is 9.44. The molecule has 3 N–H and O–H groups in total. The number of aliphatic hydroxyl groups is 1. The number of carbonyl (C=O) groups excluding carboxylic acids is 2. The fourth-order valence-corrected chi connectivity index (χ4v) is 2.42. The molecule has 2 aromatic rings. The minimum absolute atomic E-state index is 0.0193. The smallest absolute Gasteiger partial charge is 0.484 e. The Morgan fingerprint density at radius 1 is 0.912 bits per heavy atom. The van der Waals surface area contributed by atoms with E-state index < -0.39 is 43.3 Å². The van der Waals surface area contributed by atoms with Gasteiger partial charge in [0.2, 0.25) is 0 Å². The summed E-state index contributed by atoms with van der Waals surface area (Å²) >= 11 is 0. The highest BCUT2D eigenvalue weighted by atomic mass is 19.4. The number of hydrogen-bond donors (Lipinski definition) is 3. The van der Waals surface area contributed by atoms with Gasteiger partial charge in [0.15, 0.2) is 6.61 Å². The van der Waals surface area contributed by atoms with Gasteiger partial charge in [0.1, 0.15) is 17.2 Å². The van der Waals surface area contributed by atoms with Crippen molar-refractivity contribution in [1.29, 1.82) is 0 Å². The van der Waals surface area contributed by atoms with Crippen LogP contribution < -0.4 is 20.1 Å². The minimum atomic E-state index is -4.88. The second-order valence-electron chi connectivity index (χ2n) is 6.54. The van der Waals surface area contributed by atoms with Crippen LogP contribution in [0.15, 0.2) is 54.2 Å². The normalized spacial score (nSPS) is 12.1. The molecule has 0 saturated carbocycles. The van der Waals surface area contributed by atoms with Gasteiger partial charge in [0, 0.05) is 12.1 Å². The van der Waals surface area contributed by atoms with Crippen LogP contribution >= 0.6 is 0 Å². The van der Waals surface area contributed by atoms with Crippen LogP contribution in [-0.4, -0.2) is 49.2 Å². The van der Waals surface area contributed by atoms with Crippen molar-refractivity contribution >= 4 is 17.9 Å². The van der Waals surface area contributed by atoms with Gasteiger partial charge in [-0.2, -0.15) is 13.2 Å². The highest BCUT2D eigenvalue weighted by molar-refractivity contribution is 6.05. The molecule has 0 spiro atoms. The largest absolute Gasteiger partial charge is 0.573 e. The Bertz CT molecular complexity index is 1000. The first-order valence-electron chi connectivity index (χ1n) is 9.44. The molecule has 34 heavy (non-hydrogen) atoms. The van der Waals surface area contributed by atoms with Crippen molar-refractivity contribution in [1.82, 2.24) is 10.6 Å². The summed E-state index contributed by atoms with van der Waals surface area (Å²) in [7, 11) is 0. The molecule has 184 valence electrons. The maximum atomic E-state index is 12.5. The number of amides is 2. The van der Waals surface area contributed by atoms with E-state index in [2.05, 4.69) is 20.1 Å². The van der Waals surface area contributed by atoms with Crippen LogP contribution in [0.2, 0.25) is 0 Å². The lowest BCUT2D eigenvalue weighted by Crippen LogP contribution is -2.36. The van der Waals surface area contributed by atoms with E-state index in [1.165, 1.54) is 30.3 Å². The van der Waals surface area contributed by atoms with E-state index in [0.29, 0.717) is 0 Å². The van der Waals surface area contributed by atoms with Crippen molar-refractivity contribution in [3.63, 3.8) is 0 Å². The predicted octanol–water partition coefficient (Wildman–Crippen LogP) is 3.41. The van der Waals surface area contributed by atoms with Gasteiger partial charge in [-0.15, -0.1) is 13.2 Å². The maximum Gasteiger partial charge on any atom is 0.573 e. The topological polar surface area (TPSA) is 96.9 Å². The summed E-state index contributed by atoms with van der Waals surface area (Å²) in [5.74, 6) is -2.23. The van der Waals surface area contributed by atoms with E-state index in [4.69, 9.17) is 5.11 Å². The van der Waals surface area contributed by atoms with E-state index in [1.807, 2.05) is 0 Å². The van der Waals surface area contributed by atoms with Crippen molar-refractivity contribution in [3.8, 4) is 11.5 Å². The molecular formula is C21H18F6N2O5. The molecular weight excluding hydrogens is 474 g/mol. The molecule has 0 atom stereocenters. The minimum Gasteiger partial charge on any atom is -0.484 e. The van der Waals surface area contributed by atoms with E-state index in [9.17, 15) is 35.9 Å². The van der Waals surface area contributed by atoms with Crippen LogP contribution in [0.5, 0.6) is 11.5 Å². The lowest BCUT2D eigenvalue weighted by molar-refractivity contribution is -0.274. The summed E-state index contributed by atoms with van der Waals surface area (Å²) in [6.07, 6.45) is -8.24. The summed E-state index contributed by atoms with van der Waals surface area (Å²) in [5, 5.41) is 13.5. The van der Waals surface area contributed by atoms with Crippen LogP contribution in [0.25, 0.3) is 6.08 Å². The second kappa shape index (κ2) is 11.4. The Balaban J connectivity index is 2.17. The summed E-state index contributed by atoms with van der Waals surface area (Å²) in [6, 6.07) is 9.04. The number of carbonyl (C=O) groups is 2. The third kappa shape index (κ3) is 9.40. The van der Waals surface area contributed by atoms with Crippen LogP contribution in [0.4, 0.5) is 26.3 Å². The molecule has 0 aliphatic rings. The maximum absolute atomic E-state index is 12.5. The molecule has 0 saturated heterocycles. The quantitative estimate of drug-likeness (QED) is 0.368. The molecule has 0 unspecified atom stereocenters. The monoisotopic (exact) mass is 492 g/mol. The molecule has 0 aliphatic heterocycles. The van der Waals surface area contributed by atoms with Gasteiger partial charge in [-0.1, -0.05) is 12.1 Å². The third-order valence-electron chi connectivity index (χ3n) is 3.83. The molecule has 0 aromatic heterocycles. The van der Waals surface area contributed by atoms with Gasteiger partial charge in [-0.05, 0) is 48.0 Å². The van der Waals surface area contributed by atoms with E-state index in [0.717, 1.165) is 24.3 Å². The summed E-state index contributed by atoms with van der Waals surface area (Å²) in [6.45, 7) is -2.05. The van der Waals surface area contributed by atoms with Crippen molar-refractivity contribution in [3.05, 3.63) is 65.4 Å². The lowest BCUT2D eigenvalue weighted by atomic mass is 10.1. The number of aliphatic hydroxyl groups excluding tert-OH is 1. The van der Waals surface area contributed by atoms with Crippen LogP contribution in [0.3, 0.4) is 0 Å². The fraction of sp³-hybridized carbons (Fsp3) is 0.238. The first-order chi connectivity index (χ1) is 15.9. The van der Waals surface area contributed by atoms with Crippen molar-refractivity contribution in [2.75, 3.05) is 19.8 Å². The Labute approximate surface area is 189 Å². The second-order valence-corrected chi connectivity index (χ2v) is 6.54. The van der Waals surface area contributed by atoms with Gasteiger partial charge < -0.3 is 25.2 Å². The standard InChI is InChI=1S/C21H18F6N2O5/c22-20(23,24)12-33-15-7-3-14(4-8-15)18(31)29-17(19(32)28-9-10-30)11-13-1-5-16(6-2-13)34-21(25,26)27/h1-8,11,30H,9-10,12H2,(H,28,32)(H,29,31)/b17-11-. The summed E-state index contributed by atoms with van der Waals surface area (Å²) < 4.78 is 81.8. The molecule has 0 heterocycles. The molecule has 2 amide bonds. The molecule has 2 aromatic carbocycles. The Morgan fingerprint density at radius 3 is 2.03 bits per heavy atom. The number of ether oxygens (including phenoxy) is 2. The average molecular weight is 492 g/mol. The Morgan fingerprint density at radius 2 is 1.50 bits per heavy atom. The van der Waals surface area contributed by atoms with Gasteiger partial charge in [0.05, 0.1) is 6.61 Å². The van der Waals surface area contributed by atoms with Crippen molar-refractivity contribution in [2.24, 2.45) is 0 Å². The van der Waals surface area contributed by atoms with Crippen molar-refractivity contribution in [2.45, 2.75) is 12.5 Å². The number of benzene rings is 2. The van der Waals surface area contributed by atoms with Gasteiger partial charge in [-0.3, -0.25) is 9.59 Å². The van der Waals surface area contributed by atoms with Crippen LogP contribution in [-0.2, 0) is 4.79 Å². The number of rotatable bonds is 9. The SMILES string of the molecule is O=C(NCCO)/C(=C/c1ccc(OC(F)(F)F)cc1)NC(=O)c1ccc(OCC(F)(F)F)cc1. The summed E-state index contributed by atoms with van der Waals surface area (Å²) in [5.41, 5.74) is -0.0886. The molecule has 2 rings (SSSR count). The average Bonchev–Trinajstić information content (AvgIpc) is 2.75. The summed E-state index contributed by atoms with van der Waals surface area (Å²) in [4.78, 5) is 24.9. The molecule has 7 nitrogen and oxygen atoms in total.